The summed E-state index contributed by atoms with van der Waals surface area (Å²) in [6, 6.07) is 0. The molecule has 2 fully saturated rings. The van der Waals surface area contributed by atoms with Gasteiger partial charge >= 0.3 is 11.9 Å². The molecule has 0 aromatic rings. The lowest BCUT2D eigenvalue weighted by Gasteiger charge is -2.44. The molecule has 4 heteroatoms. The summed E-state index contributed by atoms with van der Waals surface area (Å²) in [7, 11) is 0. The molecule has 240 valence electrons. The van der Waals surface area contributed by atoms with Crippen LogP contribution in [0.2, 0.25) is 0 Å². The van der Waals surface area contributed by atoms with Gasteiger partial charge in [-0.15, -0.1) is 0 Å². The van der Waals surface area contributed by atoms with Crippen LogP contribution in [0, 0.1) is 35.5 Å². The first-order valence-corrected chi connectivity index (χ1v) is 18.1. The van der Waals surface area contributed by atoms with E-state index in [0.29, 0.717) is 0 Å². The quantitative estimate of drug-likeness (QED) is 0.167. The summed E-state index contributed by atoms with van der Waals surface area (Å²) in [5.74, 6) is -0.304. The summed E-state index contributed by atoms with van der Waals surface area (Å²) in [5.41, 5.74) is 1.55. The maximum atomic E-state index is 14.4. The molecule has 2 bridgehead atoms. The van der Waals surface area contributed by atoms with Crippen LogP contribution in [0.1, 0.15) is 138 Å². The van der Waals surface area contributed by atoms with E-state index in [9.17, 15) is 9.59 Å². The average Bonchev–Trinajstić information content (AvgIpc) is 3.60. The summed E-state index contributed by atoms with van der Waals surface area (Å²) >= 11 is 0. The van der Waals surface area contributed by atoms with Gasteiger partial charge in [-0.2, -0.15) is 0 Å². The third kappa shape index (κ3) is 6.94. The Kier molecular flexibility index (Phi) is 12.0. The highest BCUT2D eigenvalue weighted by Crippen LogP contribution is 2.55. The van der Waals surface area contributed by atoms with Gasteiger partial charge in [0, 0.05) is 11.8 Å². The number of esters is 2. The molecular formula is C39H60O4. The van der Waals surface area contributed by atoms with Crippen molar-refractivity contribution in [1.82, 2.24) is 0 Å². The molecule has 0 amide bonds. The van der Waals surface area contributed by atoms with Gasteiger partial charge in [0.25, 0.3) is 0 Å². The van der Waals surface area contributed by atoms with Crippen LogP contribution in [0.4, 0.5) is 0 Å². The van der Waals surface area contributed by atoms with Crippen molar-refractivity contribution in [2.75, 3.05) is 0 Å². The summed E-state index contributed by atoms with van der Waals surface area (Å²) in [4.78, 5) is 28.8. The lowest BCUT2D eigenvalue weighted by Crippen LogP contribution is -2.49. The van der Waals surface area contributed by atoms with Crippen LogP contribution in [0.3, 0.4) is 0 Å². The zero-order valence-corrected chi connectivity index (χ0v) is 28.2. The number of allylic oxidation sites excluding steroid dienone is 4. The Bertz CT molecular complexity index is 997. The van der Waals surface area contributed by atoms with Crippen molar-refractivity contribution in [3.8, 4) is 0 Å². The zero-order chi connectivity index (χ0) is 31.0. The van der Waals surface area contributed by atoms with Crippen molar-refractivity contribution in [1.29, 1.82) is 0 Å². The molecule has 0 N–H and O–H groups in total. The van der Waals surface area contributed by atoms with E-state index in [1.807, 2.05) is 0 Å². The van der Waals surface area contributed by atoms with Crippen molar-refractivity contribution in [3.63, 3.8) is 0 Å². The Balaban J connectivity index is 1.62. The fraction of sp³-hybridized carbons (Fsp3) is 0.744. The van der Waals surface area contributed by atoms with E-state index >= 15 is 0 Å². The van der Waals surface area contributed by atoms with E-state index in [1.165, 1.54) is 11.1 Å². The minimum Gasteiger partial charge on any atom is -0.454 e. The SMILES string of the molecule is CCCC1=CC=CC(CCC)(OC(=O)C2C3CCC(C3)C2C(=O)OC2(CCC)C=CC=C(CCC)C2CCC)C1CCC. The molecule has 2 saturated carbocycles. The summed E-state index contributed by atoms with van der Waals surface area (Å²) in [5, 5.41) is 0. The Labute approximate surface area is 262 Å². The Morgan fingerprint density at radius 1 is 0.651 bits per heavy atom. The van der Waals surface area contributed by atoms with Gasteiger partial charge < -0.3 is 9.47 Å². The van der Waals surface area contributed by atoms with E-state index < -0.39 is 23.0 Å². The van der Waals surface area contributed by atoms with Gasteiger partial charge in [0.05, 0.1) is 11.8 Å². The molecule has 0 aromatic carbocycles. The van der Waals surface area contributed by atoms with E-state index in [1.54, 1.807) is 0 Å². The molecule has 4 rings (SSSR count). The minimum absolute atomic E-state index is 0.161. The monoisotopic (exact) mass is 592 g/mol. The van der Waals surface area contributed by atoms with Crippen molar-refractivity contribution >= 4 is 11.9 Å². The number of carbonyl (C=O) groups excluding carboxylic acids is 2. The molecular weight excluding hydrogens is 532 g/mol. The van der Waals surface area contributed by atoms with E-state index in [0.717, 1.165) is 96.3 Å². The maximum Gasteiger partial charge on any atom is 0.310 e. The predicted molar refractivity (Wildman–Crippen MR) is 176 cm³/mol. The van der Waals surface area contributed by atoms with Crippen LogP contribution in [0.15, 0.2) is 47.6 Å². The Morgan fingerprint density at radius 3 is 1.42 bits per heavy atom. The van der Waals surface area contributed by atoms with Gasteiger partial charge in [-0.1, -0.05) is 116 Å². The highest BCUT2D eigenvalue weighted by molar-refractivity contribution is 5.84. The molecule has 8 unspecified atom stereocenters. The standard InChI is InChI=1S/C39H60O4/c1-7-15-28-19-13-25-38(23-11-5,32(28)17-9-3)42-36(40)34-30-21-22-31(27-30)35(34)37(41)43-39(24-12-6)26-14-20-29(16-8-2)33(39)18-10-4/h13-14,19-20,25-26,30-35H,7-12,15-18,21-24,27H2,1-6H3. The van der Waals surface area contributed by atoms with Crippen molar-refractivity contribution < 1.29 is 19.1 Å². The van der Waals surface area contributed by atoms with E-state index in [2.05, 4.69) is 78.0 Å². The summed E-state index contributed by atoms with van der Waals surface area (Å²) in [6.07, 6.45) is 27.8. The molecule has 0 heterocycles. The van der Waals surface area contributed by atoms with Gasteiger partial charge in [-0.3, -0.25) is 9.59 Å². The second kappa shape index (κ2) is 15.3. The highest BCUT2D eigenvalue weighted by atomic mass is 16.6. The molecule has 0 radical (unpaired) electrons. The van der Waals surface area contributed by atoms with Gasteiger partial charge in [0.1, 0.15) is 11.2 Å². The van der Waals surface area contributed by atoms with Crippen molar-refractivity contribution in [2.24, 2.45) is 35.5 Å². The van der Waals surface area contributed by atoms with Gasteiger partial charge in [0.2, 0.25) is 0 Å². The van der Waals surface area contributed by atoms with Gasteiger partial charge in [0.15, 0.2) is 0 Å². The molecule has 4 nitrogen and oxygen atoms in total. The van der Waals surface area contributed by atoms with E-state index in [4.69, 9.17) is 9.47 Å². The van der Waals surface area contributed by atoms with Crippen LogP contribution >= 0.6 is 0 Å². The molecule has 43 heavy (non-hydrogen) atoms. The lowest BCUT2D eigenvalue weighted by molar-refractivity contribution is -0.181. The molecule has 4 aliphatic rings. The number of hydrogen-bond donors (Lipinski definition) is 0. The van der Waals surface area contributed by atoms with Crippen molar-refractivity contribution in [3.05, 3.63) is 47.6 Å². The molecule has 0 aromatic heterocycles. The minimum atomic E-state index is -0.626. The van der Waals surface area contributed by atoms with Crippen LogP contribution in [0.5, 0.6) is 0 Å². The highest BCUT2D eigenvalue weighted by Gasteiger charge is 2.58. The summed E-state index contributed by atoms with van der Waals surface area (Å²) in [6.45, 7) is 13.3. The smallest absolute Gasteiger partial charge is 0.310 e. The van der Waals surface area contributed by atoms with Crippen LogP contribution < -0.4 is 0 Å². The van der Waals surface area contributed by atoms with Crippen molar-refractivity contribution in [2.45, 2.75) is 149 Å². The first-order chi connectivity index (χ1) is 20.8. The average molecular weight is 593 g/mol. The number of rotatable bonds is 16. The fourth-order valence-electron chi connectivity index (χ4n) is 9.38. The third-order valence-corrected chi connectivity index (χ3v) is 11.0. The maximum absolute atomic E-state index is 14.4. The number of hydrogen-bond acceptors (Lipinski definition) is 4. The first kappa shape index (κ1) is 33.8. The first-order valence-electron chi connectivity index (χ1n) is 18.1. The molecule has 0 saturated heterocycles. The lowest BCUT2D eigenvalue weighted by atomic mass is 9.71. The predicted octanol–water partition coefficient (Wildman–Crippen LogP) is 10.2. The largest absolute Gasteiger partial charge is 0.454 e. The number of fused-ring (bicyclic) bond motifs is 2. The van der Waals surface area contributed by atoms with Crippen LogP contribution in [0.25, 0.3) is 0 Å². The van der Waals surface area contributed by atoms with Gasteiger partial charge in [-0.05, 0) is 81.8 Å². The van der Waals surface area contributed by atoms with E-state index in [-0.39, 0.29) is 35.6 Å². The normalized spacial score (nSPS) is 34.7. The number of carbonyl (C=O) groups is 2. The third-order valence-electron chi connectivity index (χ3n) is 11.0. The van der Waals surface area contributed by atoms with Gasteiger partial charge in [-0.25, -0.2) is 0 Å². The summed E-state index contributed by atoms with van der Waals surface area (Å²) < 4.78 is 13.5. The topological polar surface area (TPSA) is 52.6 Å². The second-order valence-electron chi connectivity index (χ2n) is 14.0. The molecule has 4 aliphatic carbocycles. The number of ether oxygens (including phenoxy) is 2. The molecule has 8 atom stereocenters. The van der Waals surface area contributed by atoms with Crippen LogP contribution in [-0.2, 0) is 19.1 Å². The fourth-order valence-corrected chi connectivity index (χ4v) is 9.38. The Morgan fingerprint density at radius 2 is 1.07 bits per heavy atom. The molecule has 0 spiro atoms. The zero-order valence-electron chi connectivity index (χ0n) is 28.2. The molecule has 0 aliphatic heterocycles. The second-order valence-corrected chi connectivity index (χ2v) is 14.0. The Hall–Kier alpha value is -2.10. The van der Waals surface area contributed by atoms with Crippen LogP contribution in [-0.4, -0.2) is 23.1 Å².